The molecule has 150 valence electrons. The highest BCUT2D eigenvalue weighted by atomic mass is 16.7. The largest absolute Gasteiger partial charge is 0.497 e. The van der Waals surface area contributed by atoms with Crippen molar-refractivity contribution in [2.24, 2.45) is 5.92 Å². The fourth-order valence-electron chi connectivity index (χ4n) is 4.32. The molecule has 3 aromatic carbocycles. The van der Waals surface area contributed by atoms with Crippen LogP contribution in [0.1, 0.15) is 23.2 Å². The molecule has 1 fully saturated rings. The van der Waals surface area contributed by atoms with Crippen molar-refractivity contribution in [3.8, 4) is 17.2 Å². The summed E-state index contributed by atoms with van der Waals surface area (Å²) < 4.78 is 16.5. The maximum atomic E-state index is 13.4. The summed E-state index contributed by atoms with van der Waals surface area (Å²) >= 11 is 0. The van der Waals surface area contributed by atoms with Crippen molar-refractivity contribution in [3.63, 3.8) is 0 Å². The monoisotopic (exact) mass is 393 g/mol. The van der Waals surface area contributed by atoms with Crippen LogP contribution in [-0.2, 0) is 0 Å². The number of methoxy groups -OCH3 is 1. The van der Waals surface area contributed by atoms with Gasteiger partial charge in [-0.15, -0.1) is 0 Å². The second-order valence-corrected chi connectivity index (χ2v) is 7.68. The molecular weight excluding hydrogens is 370 g/mol. The molecule has 0 aromatic heterocycles. The number of carbonyl (C=O) groups is 1. The van der Waals surface area contributed by atoms with Crippen LogP contribution in [0.15, 0.2) is 36.4 Å². The van der Waals surface area contributed by atoms with E-state index < -0.39 is 0 Å². The highest BCUT2D eigenvalue weighted by Gasteiger charge is 2.26. The Bertz CT molecular complexity index is 1100. The number of hydrogen-bond donors (Lipinski definition) is 1. The van der Waals surface area contributed by atoms with Gasteiger partial charge in [-0.2, -0.15) is 0 Å². The van der Waals surface area contributed by atoms with Crippen molar-refractivity contribution >= 4 is 27.5 Å². The number of fused-ring (bicyclic) bond motifs is 4. The summed E-state index contributed by atoms with van der Waals surface area (Å²) in [4.78, 5) is 15.3. The van der Waals surface area contributed by atoms with Crippen LogP contribution in [0, 0.1) is 5.92 Å². The Morgan fingerprint density at radius 2 is 1.83 bits per heavy atom. The average molecular weight is 393 g/mol. The van der Waals surface area contributed by atoms with Crippen LogP contribution in [0.5, 0.6) is 17.2 Å². The number of aliphatic hydroxyl groups is 1. The summed E-state index contributed by atoms with van der Waals surface area (Å²) in [5.74, 6) is 2.46. The number of rotatable bonds is 3. The van der Waals surface area contributed by atoms with E-state index in [0.717, 1.165) is 40.1 Å². The second kappa shape index (κ2) is 7.12. The lowest BCUT2D eigenvalue weighted by Gasteiger charge is -2.31. The number of amides is 1. The van der Waals surface area contributed by atoms with E-state index in [1.54, 1.807) is 7.11 Å². The Morgan fingerprint density at radius 1 is 1.07 bits per heavy atom. The number of ether oxygens (including phenoxy) is 3. The molecular formula is C23H23NO5. The topological polar surface area (TPSA) is 68.2 Å². The van der Waals surface area contributed by atoms with Gasteiger partial charge < -0.3 is 24.2 Å². The molecule has 0 aliphatic carbocycles. The van der Waals surface area contributed by atoms with Gasteiger partial charge in [0.05, 0.1) is 7.11 Å². The predicted molar refractivity (Wildman–Crippen MR) is 110 cm³/mol. The van der Waals surface area contributed by atoms with Gasteiger partial charge in [-0.25, -0.2) is 0 Å². The highest BCUT2D eigenvalue weighted by Crippen LogP contribution is 2.40. The summed E-state index contributed by atoms with van der Waals surface area (Å²) in [6.07, 6.45) is 1.67. The van der Waals surface area contributed by atoms with Gasteiger partial charge in [0.25, 0.3) is 5.91 Å². The van der Waals surface area contributed by atoms with Gasteiger partial charge in [0.1, 0.15) is 5.75 Å². The number of hydrogen-bond acceptors (Lipinski definition) is 5. The minimum Gasteiger partial charge on any atom is -0.497 e. The Balaban J connectivity index is 1.66. The lowest BCUT2D eigenvalue weighted by molar-refractivity contribution is 0.0653. The van der Waals surface area contributed by atoms with Crippen LogP contribution in [0.3, 0.4) is 0 Å². The zero-order valence-electron chi connectivity index (χ0n) is 16.3. The van der Waals surface area contributed by atoms with Crippen LogP contribution in [0.2, 0.25) is 0 Å². The lowest BCUT2D eigenvalue weighted by Crippen LogP contribution is -2.39. The van der Waals surface area contributed by atoms with Gasteiger partial charge >= 0.3 is 0 Å². The van der Waals surface area contributed by atoms with E-state index in [1.807, 2.05) is 41.3 Å². The molecule has 6 nitrogen and oxygen atoms in total. The Labute approximate surface area is 168 Å². The minimum atomic E-state index is 0.0242. The molecule has 6 heteroatoms. The number of nitrogens with zero attached hydrogens (tertiary/aromatic N) is 1. The predicted octanol–water partition coefficient (Wildman–Crippen LogP) is 3.57. The molecule has 2 aliphatic rings. The minimum absolute atomic E-state index is 0.0242. The highest BCUT2D eigenvalue weighted by molar-refractivity contribution is 6.18. The SMILES string of the molecule is COc1ccc2c(C(=O)N3CCC(CO)CC3)cc3cc4c(cc3c2c1)OCO4. The van der Waals surface area contributed by atoms with Crippen LogP contribution in [-0.4, -0.2) is 49.5 Å². The molecule has 1 saturated heterocycles. The van der Waals surface area contributed by atoms with Gasteiger partial charge in [0.2, 0.25) is 6.79 Å². The number of likely N-dealkylation sites (tertiary alicyclic amines) is 1. The average Bonchev–Trinajstić information content (AvgIpc) is 3.23. The summed E-state index contributed by atoms with van der Waals surface area (Å²) in [5, 5.41) is 13.2. The lowest BCUT2D eigenvalue weighted by atomic mass is 9.94. The van der Waals surface area contributed by atoms with Crippen molar-refractivity contribution in [2.75, 3.05) is 33.6 Å². The second-order valence-electron chi connectivity index (χ2n) is 7.68. The quantitative estimate of drug-likeness (QED) is 0.689. The zero-order valence-corrected chi connectivity index (χ0v) is 16.3. The van der Waals surface area contributed by atoms with E-state index in [0.29, 0.717) is 30.2 Å². The van der Waals surface area contributed by atoms with Gasteiger partial charge in [-0.3, -0.25) is 4.79 Å². The fraction of sp³-hybridized carbons (Fsp3) is 0.348. The molecule has 3 aromatic rings. The molecule has 0 spiro atoms. The van der Waals surface area contributed by atoms with E-state index in [9.17, 15) is 9.90 Å². The molecule has 1 amide bonds. The molecule has 0 saturated carbocycles. The molecule has 2 aliphatic heterocycles. The van der Waals surface area contributed by atoms with E-state index >= 15 is 0 Å². The number of benzene rings is 3. The van der Waals surface area contributed by atoms with E-state index in [4.69, 9.17) is 14.2 Å². The normalized spacial score (nSPS) is 16.6. The van der Waals surface area contributed by atoms with Crippen molar-refractivity contribution in [1.82, 2.24) is 4.90 Å². The third-order valence-corrected chi connectivity index (χ3v) is 6.04. The molecule has 0 atom stereocenters. The maximum absolute atomic E-state index is 13.4. The Morgan fingerprint density at radius 3 is 2.55 bits per heavy atom. The third-order valence-electron chi connectivity index (χ3n) is 6.04. The van der Waals surface area contributed by atoms with Gasteiger partial charge in [-0.05, 0) is 76.7 Å². The standard InChI is InChI=1S/C23H23NO5/c1-27-16-2-3-17-19(10-16)18-11-22-21(28-13-29-22)9-15(18)8-20(17)23(26)24-6-4-14(12-25)5-7-24/h2-3,8-11,14,25H,4-7,12-13H2,1H3. The zero-order chi connectivity index (χ0) is 20.0. The smallest absolute Gasteiger partial charge is 0.254 e. The van der Waals surface area contributed by atoms with E-state index in [2.05, 4.69) is 0 Å². The van der Waals surface area contributed by atoms with Crippen molar-refractivity contribution < 1.29 is 24.1 Å². The van der Waals surface area contributed by atoms with Crippen molar-refractivity contribution in [3.05, 3.63) is 42.0 Å². The first-order chi connectivity index (χ1) is 14.2. The van der Waals surface area contributed by atoms with Gasteiger partial charge in [-0.1, -0.05) is 0 Å². The number of piperidine rings is 1. The first-order valence-electron chi connectivity index (χ1n) is 9.92. The number of carbonyl (C=O) groups excluding carboxylic acids is 1. The van der Waals surface area contributed by atoms with Crippen LogP contribution in [0.4, 0.5) is 0 Å². The Kier molecular flexibility index (Phi) is 4.43. The van der Waals surface area contributed by atoms with Gasteiger partial charge in [0, 0.05) is 25.3 Å². The van der Waals surface area contributed by atoms with E-state index in [-0.39, 0.29) is 25.2 Å². The summed E-state index contributed by atoms with van der Waals surface area (Å²) in [6, 6.07) is 11.7. The van der Waals surface area contributed by atoms with E-state index in [1.165, 1.54) is 0 Å². The van der Waals surface area contributed by atoms with Crippen LogP contribution in [0.25, 0.3) is 21.5 Å². The number of aliphatic hydroxyl groups excluding tert-OH is 1. The summed E-state index contributed by atoms with van der Waals surface area (Å²) in [7, 11) is 1.64. The molecule has 29 heavy (non-hydrogen) atoms. The first kappa shape index (κ1) is 18.1. The fourth-order valence-corrected chi connectivity index (χ4v) is 4.32. The van der Waals surface area contributed by atoms with Crippen molar-refractivity contribution in [2.45, 2.75) is 12.8 Å². The molecule has 0 unspecified atom stereocenters. The third kappa shape index (κ3) is 3.04. The first-order valence-corrected chi connectivity index (χ1v) is 9.92. The summed E-state index contributed by atoms with van der Waals surface area (Å²) in [6.45, 7) is 1.73. The molecule has 5 rings (SSSR count). The molecule has 0 bridgehead atoms. The molecule has 2 heterocycles. The Hall–Kier alpha value is -2.99. The van der Waals surface area contributed by atoms with Crippen LogP contribution < -0.4 is 14.2 Å². The van der Waals surface area contributed by atoms with Crippen molar-refractivity contribution in [1.29, 1.82) is 0 Å². The van der Waals surface area contributed by atoms with Gasteiger partial charge in [0.15, 0.2) is 11.5 Å². The van der Waals surface area contributed by atoms with Crippen LogP contribution >= 0.6 is 0 Å². The molecule has 0 radical (unpaired) electrons. The molecule has 1 N–H and O–H groups in total. The maximum Gasteiger partial charge on any atom is 0.254 e. The summed E-state index contributed by atoms with van der Waals surface area (Å²) in [5.41, 5.74) is 0.677.